The van der Waals surface area contributed by atoms with E-state index in [0.29, 0.717) is 11.7 Å². The molecule has 1 heterocycles. The van der Waals surface area contributed by atoms with E-state index in [4.69, 9.17) is 9.15 Å². The van der Waals surface area contributed by atoms with Gasteiger partial charge in [0.25, 0.3) is 5.91 Å². The van der Waals surface area contributed by atoms with Crippen molar-refractivity contribution in [2.75, 3.05) is 0 Å². The Labute approximate surface area is 158 Å². The number of aryl methyl sites for hydroxylation is 1. The van der Waals surface area contributed by atoms with Crippen molar-refractivity contribution in [1.29, 1.82) is 5.26 Å². The van der Waals surface area contributed by atoms with E-state index in [-0.39, 0.29) is 11.6 Å². The monoisotopic (exact) mass is 369 g/mol. The standard InChI is InChI=1S/C20H23N3O4/c1-12(2)20(5,11-21)23-17(24)14(4)27-19(25)16-13(3)26-18(22-16)15-9-7-6-8-10-15/h6-10,12,14H,1-5H3,(H,23,24). The van der Waals surface area contributed by atoms with E-state index in [9.17, 15) is 14.9 Å². The lowest BCUT2D eigenvalue weighted by Crippen LogP contribution is -2.52. The molecule has 7 nitrogen and oxygen atoms in total. The quantitative estimate of drug-likeness (QED) is 0.784. The normalized spacial score (nSPS) is 14.1. The fourth-order valence-corrected chi connectivity index (χ4v) is 2.22. The molecular weight excluding hydrogens is 346 g/mol. The zero-order valence-electron chi connectivity index (χ0n) is 16.1. The summed E-state index contributed by atoms with van der Waals surface area (Å²) in [5, 5.41) is 11.9. The number of hydrogen-bond donors (Lipinski definition) is 1. The summed E-state index contributed by atoms with van der Waals surface area (Å²) in [6.45, 7) is 8.32. The maximum absolute atomic E-state index is 12.4. The third kappa shape index (κ3) is 4.53. The average Bonchev–Trinajstić information content (AvgIpc) is 3.03. The number of aromatic nitrogens is 1. The molecule has 1 amide bonds. The Morgan fingerprint density at radius 2 is 1.89 bits per heavy atom. The Bertz CT molecular complexity index is 867. The van der Waals surface area contributed by atoms with Crippen LogP contribution in [0.5, 0.6) is 0 Å². The van der Waals surface area contributed by atoms with Crippen LogP contribution in [-0.4, -0.2) is 28.5 Å². The summed E-state index contributed by atoms with van der Waals surface area (Å²) in [6.07, 6.45) is -1.08. The number of nitrogens with zero attached hydrogens (tertiary/aromatic N) is 2. The molecule has 0 bridgehead atoms. The van der Waals surface area contributed by atoms with E-state index in [1.807, 2.05) is 44.2 Å². The second kappa shape index (κ2) is 8.04. The molecule has 0 fully saturated rings. The summed E-state index contributed by atoms with van der Waals surface area (Å²) >= 11 is 0. The van der Waals surface area contributed by atoms with Gasteiger partial charge < -0.3 is 14.5 Å². The van der Waals surface area contributed by atoms with Gasteiger partial charge in [-0.3, -0.25) is 4.79 Å². The summed E-state index contributed by atoms with van der Waals surface area (Å²) in [4.78, 5) is 28.9. The van der Waals surface area contributed by atoms with Gasteiger partial charge in [0.1, 0.15) is 11.3 Å². The third-order valence-corrected chi connectivity index (χ3v) is 4.43. The Kier molecular flexibility index (Phi) is 6.01. The molecule has 7 heteroatoms. The van der Waals surface area contributed by atoms with Gasteiger partial charge in [0.05, 0.1) is 6.07 Å². The molecule has 1 N–H and O–H groups in total. The van der Waals surface area contributed by atoms with E-state index in [1.54, 1.807) is 13.8 Å². The number of carbonyl (C=O) groups excluding carboxylic acids is 2. The van der Waals surface area contributed by atoms with Crippen LogP contribution in [0, 0.1) is 24.2 Å². The number of nitriles is 1. The third-order valence-electron chi connectivity index (χ3n) is 4.43. The Morgan fingerprint density at radius 3 is 2.44 bits per heavy atom. The molecule has 2 aromatic rings. The minimum atomic E-state index is -1.08. The summed E-state index contributed by atoms with van der Waals surface area (Å²) in [5.74, 6) is -0.820. The van der Waals surface area contributed by atoms with Crippen molar-refractivity contribution in [2.24, 2.45) is 5.92 Å². The van der Waals surface area contributed by atoms with E-state index >= 15 is 0 Å². The summed E-state index contributed by atoms with van der Waals surface area (Å²) in [7, 11) is 0. The minimum absolute atomic E-state index is 0.0143. The number of rotatable bonds is 6. The fourth-order valence-electron chi connectivity index (χ4n) is 2.22. The van der Waals surface area contributed by atoms with Crippen LogP contribution in [0.3, 0.4) is 0 Å². The van der Waals surface area contributed by atoms with Gasteiger partial charge in [-0.05, 0) is 38.8 Å². The first kappa shape index (κ1) is 20.2. The topological polar surface area (TPSA) is 105 Å². The second-order valence-electron chi connectivity index (χ2n) is 6.80. The van der Waals surface area contributed by atoms with Crippen molar-refractivity contribution >= 4 is 11.9 Å². The van der Waals surface area contributed by atoms with Gasteiger partial charge >= 0.3 is 5.97 Å². The highest BCUT2D eigenvalue weighted by Gasteiger charge is 2.33. The van der Waals surface area contributed by atoms with Crippen molar-refractivity contribution in [2.45, 2.75) is 46.3 Å². The Hall–Kier alpha value is -3.14. The number of carbonyl (C=O) groups is 2. The van der Waals surface area contributed by atoms with Crippen LogP contribution in [-0.2, 0) is 9.53 Å². The van der Waals surface area contributed by atoms with Crippen LogP contribution >= 0.6 is 0 Å². The van der Waals surface area contributed by atoms with E-state index in [2.05, 4.69) is 16.4 Å². The van der Waals surface area contributed by atoms with Crippen LogP contribution in [0.15, 0.2) is 34.7 Å². The largest absolute Gasteiger partial charge is 0.448 e. The first-order valence-corrected chi connectivity index (χ1v) is 8.65. The van der Waals surface area contributed by atoms with Gasteiger partial charge in [-0.1, -0.05) is 32.0 Å². The molecule has 1 aromatic carbocycles. The predicted octanol–water partition coefficient (Wildman–Crippen LogP) is 3.25. The lowest BCUT2D eigenvalue weighted by Gasteiger charge is -2.28. The number of hydrogen-bond acceptors (Lipinski definition) is 6. The SMILES string of the molecule is Cc1oc(-c2ccccc2)nc1C(=O)OC(C)C(=O)NC(C)(C#N)C(C)C. The Morgan fingerprint density at radius 1 is 1.26 bits per heavy atom. The maximum Gasteiger partial charge on any atom is 0.361 e. The zero-order chi connectivity index (χ0) is 20.2. The Balaban J connectivity index is 2.10. The van der Waals surface area contributed by atoms with Gasteiger partial charge in [-0.25, -0.2) is 9.78 Å². The molecule has 1 aromatic heterocycles. The average molecular weight is 369 g/mol. The molecule has 2 unspecified atom stereocenters. The van der Waals surface area contributed by atoms with Crippen LogP contribution in [0.1, 0.15) is 43.9 Å². The van der Waals surface area contributed by atoms with Crippen molar-refractivity contribution in [1.82, 2.24) is 10.3 Å². The molecule has 0 aliphatic carbocycles. The fraction of sp³-hybridized carbons (Fsp3) is 0.400. The number of amides is 1. The molecular formula is C20H23N3O4. The number of oxazole rings is 1. The summed E-state index contributed by atoms with van der Waals surface area (Å²) in [6, 6.07) is 11.2. The van der Waals surface area contributed by atoms with Crippen LogP contribution < -0.4 is 5.32 Å². The lowest BCUT2D eigenvalue weighted by molar-refractivity contribution is -0.130. The van der Waals surface area contributed by atoms with Crippen LogP contribution in [0.2, 0.25) is 0 Å². The first-order chi connectivity index (χ1) is 12.7. The summed E-state index contributed by atoms with van der Waals surface area (Å²) in [5.41, 5.74) is -0.310. The molecule has 2 atom stereocenters. The number of nitrogens with one attached hydrogen (secondary N) is 1. The highest BCUT2D eigenvalue weighted by atomic mass is 16.5. The summed E-state index contributed by atoms with van der Waals surface area (Å²) < 4.78 is 10.8. The van der Waals surface area contributed by atoms with Crippen molar-refractivity contribution in [3.05, 3.63) is 41.8 Å². The van der Waals surface area contributed by atoms with Crippen LogP contribution in [0.25, 0.3) is 11.5 Å². The molecule has 142 valence electrons. The molecule has 0 saturated carbocycles. The molecule has 0 radical (unpaired) electrons. The second-order valence-corrected chi connectivity index (χ2v) is 6.80. The van der Waals surface area contributed by atoms with Gasteiger partial charge in [-0.15, -0.1) is 0 Å². The molecule has 0 aliphatic heterocycles. The van der Waals surface area contributed by atoms with Crippen molar-refractivity contribution in [3.63, 3.8) is 0 Å². The van der Waals surface area contributed by atoms with Gasteiger partial charge in [0.2, 0.25) is 5.89 Å². The number of ether oxygens (including phenoxy) is 1. The highest BCUT2D eigenvalue weighted by molar-refractivity contribution is 5.92. The molecule has 0 saturated heterocycles. The predicted molar refractivity (Wildman–Crippen MR) is 98.6 cm³/mol. The van der Waals surface area contributed by atoms with Gasteiger partial charge in [-0.2, -0.15) is 5.26 Å². The highest BCUT2D eigenvalue weighted by Crippen LogP contribution is 2.22. The van der Waals surface area contributed by atoms with E-state index in [0.717, 1.165) is 5.56 Å². The lowest BCUT2D eigenvalue weighted by atomic mass is 9.90. The molecule has 27 heavy (non-hydrogen) atoms. The van der Waals surface area contributed by atoms with Crippen LogP contribution in [0.4, 0.5) is 0 Å². The van der Waals surface area contributed by atoms with E-state index < -0.39 is 23.5 Å². The molecule has 0 spiro atoms. The van der Waals surface area contributed by atoms with Gasteiger partial charge in [0.15, 0.2) is 11.8 Å². The van der Waals surface area contributed by atoms with Gasteiger partial charge in [0, 0.05) is 5.56 Å². The minimum Gasteiger partial charge on any atom is -0.448 e. The first-order valence-electron chi connectivity index (χ1n) is 8.65. The number of esters is 1. The molecule has 0 aliphatic rings. The van der Waals surface area contributed by atoms with Crippen molar-refractivity contribution < 1.29 is 18.7 Å². The smallest absolute Gasteiger partial charge is 0.361 e. The maximum atomic E-state index is 12.4. The number of benzene rings is 1. The zero-order valence-corrected chi connectivity index (χ0v) is 16.1. The van der Waals surface area contributed by atoms with E-state index in [1.165, 1.54) is 6.92 Å². The molecule has 2 rings (SSSR count). The van der Waals surface area contributed by atoms with Crippen molar-refractivity contribution in [3.8, 4) is 17.5 Å².